The number of amides is 1. The van der Waals surface area contributed by atoms with Crippen LogP contribution in [0.5, 0.6) is 0 Å². The zero-order valence-electron chi connectivity index (χ0n) is 14.9. The fraction of sp³-hybridized carbons (Fsp3) is 0.579. The van der Waals surface area contributed by atoms with Gasteiger partial charge in [-0.3, -0.25) is 9.59 Å². The van der Waals surface area contributed by atoms with Crippen molar-refractivity contribution in [2.75, 3.05) is 18.1 Å². The number of carbonyl (C=O) groups excluding carboxylic acids is 1. The molecule has 1 saturated heterocycles. The van der Waals surface area contributed by atoms with E-state index in [2.05, 4.69) is 0 Å². The van der Waals surface area contributed by atoms with E-state index in [-0.39, 0.29) is 18.4 Å². The molecule has 2 rings (SSSR count). The summed E-state index contributed by atoms with van der Waals surface area (Å²) in [5.74, 6) is 0.875. The van der Waals surface area contributed by atoms with Crippen molar-refractivity contribution >= 4 is 35.0 Å². The number of thiophene rings is 1. The average molecular weight is 398 g/mol. The predicted octanol–water partition coefficient (Wildman–Crippen LogP) is 3.19. The lowest BCUT2D eigenvalue weighted by molar-refractivity contribution is -0.136. The van der Waals surface area contributed by atoms with Gasteiger partial charge in [0, 0.05) is 30.0 Å². The summed E-state index contributed by atoms with van der Waals surface area (Å²) in [4.78, 5) is 25.8. The van der Waals surface area contributed by atoms with Crippen molar-refractivity contribution in [1.29, 1.82) is 0 Å². The molecule has 2 atom stereocenters. The number of nitrogens with zero attached hydrogens (tertiary/aromatic N) is 1. The maximum absolute atomic E-state index is 12.3. The van der Waals surface area contributed by atoms with Gasteiger partial charge in [0.1, 0.15) is 0 Å². The second-order valence-corrected chi connectivity index (χ2v) is 8.65. The van der Waals surface area contributed by atoms with Crippen molar-refractivity contribution in [2.24, 2.45) is 0 Å². The number of aliphatic hydroxyl groups excluding tert-OH is 1. The van der Waals surface area contributed by atoms with Crippen LogP contribution in [0.15, 0.2) is 29.7 Å². The highest BCUT2D eigenvalue weighted by Crippen LogP contribution is 2.21. The van der Waals surface area contributed by atoms with Gasteiger partial charge in [-0.15, -0.1) is 11.3 Å². The van der Waals surface area contributed by atoms with Crippen LogP contribution < -0.4 is 0 Å². The van der Waals surface area contributed by atoms with E-state index >= 15 is 0 Å². The van der Waals surface area contributed by atoms with E-state index in [1.54, 1.807) is 23.1 Å². The van der Waals surface area contributed by atoms with Crippen molar-refractivity contribution in [2.45, 2.75) is 50.7 Å². The molecule has 0 saturated carbocycles. The van der Waals surface area contributed by atoms with E-state index in [0.29, 0.717) is 25.1 Å². The zero-order chi connectivity index (χ0) is 18.8. The fourth-order valence-electron chi connectivity index (χ4n) is 3.00. The summed E-state index contributed by atoms with van der Waals surface area (Å²) in [6.07, 6.45) is 7.32. The maximum atomic E-state index is 12.3. The van der Waals surface area contributed by atoms with Crippen LogP contribution >= 0.6 is 23.1 Å². The lowest BCUT2D eigenvalue weighted by Gasteiger charge is -2.34. The summed E-state index contributed by atoms with van der Waals surface area (Å²) in [6, 6.07) is 4.05. The molecule has 26 heavy (non-hydrogen) atoms. The zero-order valence-corrected chi connectivity index (χ0v) is 16.5. The Morgan fingerprint density at radius 2 is 2.31 bits per heavy atom. The molecule has 144 valence electrons. The van der Waals surface area contributed by atoms with Gasteiger partial charge in [0.2, 0.25) is 5.91 Å². The monoisotopic (exact) mass is 397 g/mol. The number of rotatable bonds is 11. The molecular weight excluding hydrogens is 370 g/mol. The minimum absolute atomic E-state index is 0.0539. The Morgan fingerprint density at radius 3 is 3.04 bits per heavy atom. The van der Waals surface area contributed by atoms with Gasteiger partial charge in [-0.1, -0.05) is 18.2 Å². The molecule has 7 heteroatoms. The van der Waals surface area contributed by atoms with Crippen LogP contribution in [0.2, 0.25) is 0 Å². The van der Waals surface area contributed by atoms with Crippen LogP contribution in [0.4, 0.5) is 0 Å². The van der Waals surface area contributed by atoms with E-state index < -0.39 is 12.1 Å². The van der Waals surface area contributed by atoms with Gasteiger partial charge in [0.15, 0.2) is 0 Å². The lowest BCUT2D eigenvalue weighted by Crippen LogP contribution is -2.43. The van der Waals surface area contributed by atoms with Crippen LogP contribution in [0.25, 0.3) is 0 Å². The van der Waals surface area contributed by atoms with E-state index in [4.69, 9.17) is 5.11 Å². The van der Waals surface area contributed by atoms with Gasteiger partial charge < -0.3 is 15.1 Å². The topological polar surface area (TPSA) is 77.8 Å². The van der Waals surface area contributed by atoms with Crippen LogP contribution in [0.1, 0.15) is 37.0 Å². The van der Waals surface area contributed by atoms with E-state index in [9.17, 15) is 14.7 Å². The van der Waals surface area contributed by atoms with Gasteiger partial charge in [-0.2, -0.15) is 11.8 Å². The van der Waals surface area contributed by atoms with E-state index in [1.165, 1.54) is 0 Å². The molecule has 0 radical (unpaired) electrons. The first-order chi connectivity index (χ1) is 12.6. The number of likely N-dealkylation sites (tertiary alicyclic amines) is 1. The van der Waals surface area contributed by atoms with Gasteiger partial charge in [-0.05, 0) is 36.5 Å². The predicted molar refractivity (Wildman–Crippen MR) is 107 cm³/mol. The molecule has 5 nitrogen and oxygen atoms in total. The third-order valence-corrected chi connectivity index (χ3v) is 6.27. The first kappa shape index (κ1) is 21.0. The van der Waals surface area contributed by atoms with Crippen LogP contribution in [0, 0.1) is 0 Å². The normalized spacial score (nSPS) is 19.2. The molecule has 0 aliphatic carbocycles. The molecule has 1 aliphatic rings. The SMILES string of the molecule is O=C(O)CCSCCCN1C(=O)CCC[C@@H]1/C=C/C(O)Cc1cccs1. The number of aliphatic carboxylic acids is 1. The molecule has 1 aliphatic heterocycles. The van der Waals surface area contributed by atoms with E-state index in [0.717, 1.165) is 29.9 Å². The maximum Gasteiger partial charge on any atom is 0.304 e. The summed E-state index contributed by atoms with van der Waals surface area (Å²) in [5.41, 5.74) is 0. The molecule has 1 unspecified atom stereocenters. The Hall–Kier alpha value is -1.31. The summed E-state index contributed by atoms with van der Waals surface area (Å²) in [5, 5.41) is 20.8. The smallest absolute Gasteiger partial charge is 0.304 e. The Balaban J connectivity index is 1.77. The molecule has 0 spiro atoms. The molecular formula is C19H27NO4S2. The molecule has 1 fully saturated rings. The molecule has 2 N–H and O–H groups in total. The quantitative estimate of drug-likeness (QED) is 0.443. The van der Waals surface area contributed by atoms with Crippen molar-refractivity contribution in [1.82, 2.24) is 4.90 Å². The number of carboxylic acid groups (broad SMARTS) is 1. The number of aliphatic hydroxyl groups is 1. The Labute approximate surface area is 163 Å². The standard InChI is InChI=1S/C19H27NO4S2/c21-16(14-17-5-2-12-26-17)8-7-15-4-1-6-18(22)20(15)10-3-11-25-13-9-19(23)24/h2,5,7-8,12,15-16,21H,1,3-4,6,9-11,13-14H2,(H,23,24)/b8-7+/t15-,16?/m1/s1. The second-order valence-electron chi connectivity index (χ2n) is 6.39. The molecule has 1 aromatic heterocycles. The summed E-state index contributed by atoms with van der Waals surface area (Å²) in [7, 11) is 0. The first-order valence-electron chi connectivity index (χ1n) is 9.04. The molecule has 1 aromatic rings. The molecule has 2 heterocycles. The lowest BCUT2D eigenvalue weighted by atomic mass is 10.00. The number of thioether (sulfide) groups is 1. The van der Waals surface area contributed by atoms with Crippen molar-refractivity contribution in [3.05, 3.63) is 34.5 Å². The Kier molecular flexibility index (Phi) is 9.22. The van der Waals surface area contributed by atoms with Crippen molar-refractivity contribution < 1.29 is 19.8 Å². The molecule has 0 aromatic carbocycles. The summed E-state index contributed by atoms with van der Waals surface area (Å²) >= 11 is 3.25. The van der Waals surface area contributed by atoms with Gasteiger partial charge in [0.25, 0.3) is 0 Å². The highest BCUT2D eigenvalue weighted by Gasteiger charge is 2.25. The van der Waals surface area contributed by atoms with Crippen molar-refractivity contribution in [3.63, 3.8) is 0 Å². The fourth-order valence-corrected chi connectivity index (χ4v) is 4.61. The van der Waals surface area contributed by atoms with Gasteiger partial charge >= 0.3 is 5.97 Å². The Morgan fingerprint density at radius 1 is 1.46 bits per heavy atom. The minimum Gasteiger partial charge on any atom is -0.481 e. The Bertz CT molecular complexity index is 588. The number of piperidine rings is 1. The van der Waals surface area contributed by atoms with Gasteiger partial charge in [-0.25, -0.2) is 0 Å². The summed E-state index contributed by atoms with van der Waals surface area (Å²) < 4.78 is 0. The average Bonchev–Trinajstić information content (AvgIpc) is 3.10. The largest absolute Gasteiger partial charge is 0.481 e. The van der Waals surface area contributed by atoms with E-state index in [1.807, 2.05) is 34.6 Å². The number of carboxylic acids is 1. The minimum atomic E-state index is -0.769. The van der Waals surface area contributed by atoms with Crippen molar-refractivity contribution in [3.8, 4) is 0 Å². The highest BCUT2D eigenvalue weighted by atomic mass is 32.2. The third-order valence-electron chi connectivity index (χ3n) is 4.30. The second kappa shape index (κ2) is 11.4. The van der Waals surface area contributed by atoms with Crippen LogP contribution in [-0.4, -0.2) is 57.2 Å². The van der Waals surface area contributed by atoms with Crippen LogP contribution in [-0.2, 0) is 16.0 Å². The number of hydrogen-bond donors (Lipinski definition) is 2. The number of hydrogen-bond acceptors (Lipinski definition) is 5. The van der Waals surface area contributed by atoms with Crippen LogP contribution in [0.3, 0.4) is 0 Å². The first-order valence-corrected chi connectivity index (χ1v) is 11.1. The molecule has 1 amide bonds. The number of carbonyl (C=O) groups is 2. The van der Waals surface area contributed by atoms with Gasteiger partial charge in [0.05, 0.1) is 18.6 Å². The third kappa shape index (κ3) is 7.51. The summed E-state index contributed by atoms with van der Waals surface area (Å²) in [6.45, 7) is 0.689. The molecule has 0 bridgehead atoms. The highest BCUT2D eigenvalue weighted by molar-refractivity contribution is 7.99.